The maximum Gasteiger partial charge on any atom is 0.335 e. The number of nitrogens with zero attached hydrogens (tertiary/aromatic N) is 1. The molecule has 0 atom stereocenters. The van der Waals surface area contributed by atoms with Gasteiger partial charge in [-0.25, -0.2) is 9.69 Å². The second kappa shape index (κ2) is 8.49. The van der Waals surface area contributed by atoms with Crippen molar-refractivity contribution >= 4 is 57.1 Å². The summed E-state index contributed by atoms with van der Waals surface area (Å²) in [5.41, 5.74) is 2.14. The number of aryl methyl sites for hydroxylation is 2. The first-order valence-electron chi connectivity index (χ1n) is 8.97. The first-order valence-corrected chi connectivity index (χ1v) is 10.1. The highest BCUT2D eigenvalue weighted by Crippen LogP contribution is 2.42. The summed E-state index contributed by atoms with van der Waals surface area (Å²) in [5.74, 6) is -1.77. The minimum atomic E-state index is -0.834. The zero-order chi connectivity index (χ0) is 22.2. The van der Waals surface area contributed by atoms with Crippen molar-refractivity contribution in [2.24, 2.45) is 0 Å². The molecule has 1 aliphatic rings. The van der Waals surface area contributed by atoms with E-state index in [1.807, 2.05) is 19.9 Å². The molecular weight excluding hydrogens is 476 g/mol. The molecule has 0 unspecified atom stereocenters. The van der Waals surface area contributed by atoms with Crippen LogP contribution >= 0.6 is 27.5 Å². The molecule has 156 valence electrons. The summed E-state index contributed by atoms with van der Waals surface area (Å²) in [6.07, 6.45) is 1.29. The maximum absolute atomic E-state index is 13.1. The Balaban J connectivity index is 2.11. The van der Waals surface area contributed by atoms with Gasteiger partial charge in [-0.2, -0.15) is 0 Å². The van der Waals surface area contributed by atoms with Crippen molar-refractivity contribution < 1.29 is 24.2 Å². The molecule has 2 aromatic carbocycles. The van der Waals surface area contributed by atoms with Crippen molar-refractivity contribution in [1.29, 1.82) is 0 Å². The van der Waals surface area contributed by atoms with Gasteiger partial charge in [-0.3, -0.25) is 14.9 Å². The highest BCUT2D eigenvalue weighted by atomic mass is 79.9. The number of carbonyl (C=O) groups is 3. The van der Waals surface area contributed by atoms with Crippen LogP contribution in [0.3, 0.4) is 0 Å². The number of nitrogens with one attached hydrogen (secondary N) is 1. The monoisotopic (exact) mass is 492 g/mol. The molecule has 0 bridgehead atoms. The number of barbiturate groups is 1. The molecule has 30 heavy (non-hydrogen) atoms. The molecule has 9 heteroatoms. The number of urea groups is 1. The fourth-order valence-electron chi connectivity index (χ4n) is 3.11. The van der Waals surface area contributed by atoms with Crippen molar-refractivity contribution in [2.45, 2.75) is 20.8 Å². The molecule has 2 aromatic rings. The molecule has 0 radical (unpaired) electrons. The van der Waals surface area contributed by atoms with Gasteiger partial charge in [-0.15, -0.1) is 0 Å². The van der Waals surface area contributed by atoms with E-state index in [0.717, 1.165) is 16.0 Å². The molecule has 0 spiro atoms. The molecule has 7 nitrogen and oxygen atoms in total. The number of halogens is 2. The predicted molar refractivity (Wildman–Crippen MR) is 117 cm³/mol. The lowest BCUT2D eigenvalue weighted by atomic mass is 10.0. The Morgan fingerprint density at radius 1 is 1.17 bits per heavy atom. The number of imide groups is 2. The van der Waals surface area contributed by atoms with Gasteiger partial charge in [-0.1, -0.05) is 17.7 Å². The molecule has 1 saturated heterocycles. The number of phenolic OH excluding ortho intramolecular Hbond substituents is 1. The summed E-state index contributed by atoms with van der Waals surface area (Å²) >= 11 is 9.40. The Bertz CT molecular complexity index is 1090. The van der Waals surface area contributed by atoms with E-state index in [-0.39, 0.29) is 33.2 Å². The van der Waals surface area contributed by atoms with E-state index in [1.165, 1.54) is 12.1 Å². The molecule has 1 heterocycles. The average molecular weight is 494 g/mol. The van der Waals surface area contributed by atoms with Crippen molar-refractivity contribution in [2.75, 3.05) is 11.5 Å². The second-order valence-electron chi connectivity index (χ2n) is 6.68. The average Bonchev–Trinajstić information content (AvgIpc) is 2.65. The van der Waals surface area contributed by atoms with Gasteiger partial charge in [0.25, 0.3) is 11.8 Å². The van der Waals surface area contributed by atoms with Crippen LogP contribution in [-0.4, -0.2) is 29.6 Å². The summed E-state index contributed by atoms with van der Waals surface area (Å²) < 4.78 is 5.63. The second-order valence-corrected chi connectivity index (χ2v) is 7.85. The Morgan fingerprint density at radius 2 is 1.80 bits per heavy atom. The highest BCUT2D eigenvalue weighted by Gasteiger charge is 2.37. The van der Waals surface area contributed by atoms with Gasteiger partial charge in [0.15, 0.2) is 11.5 Å². The van der Waals surface area contributed by atoms with E-state index in [2.05, 4.69) is 21.2 Å². The van der Waals surface area contributed by atoms with Crippen LogP contribution in [0.5, 0.6) is 11.5 Å². The number of carbonyl (C=O) groups excluding carboxylic acids is 3. The lowest BCUT2D eigenvalue weighted by Gasteiger charge is -2.27. The van der Waals surface area contributed by atoms with E-state index >= 15 is 0 Å². The maximum atomic E-state index is 13.1. The lowest BCUT2D eigenvalue weighted by molar-refractivity contribution is -0.122. The van der Waals surface area contributed by atoms with Crippen LogP contribution in [0.4, 0.5) is 10.5 Å². The number of amides is 4. The Morgan fingerprint density at radius 3 is 2.40 bits per heavy atom. The molecule has 1 fully saturated rings. The number of aromatic hydroxyl groups is 1. The number of hydrogen-bond donors (Lipinski definition) is 2. The fraction of sp³-hybridized carbons (Fsp3) is 0.190. The quantitative estimate of drug-likeness (QED) is 0.483. The number of hydrogen-bond acceptors (Lipinski definition) is 5. The van der Waals surface area contributed by atoms with E-state index < -0.39 is 17.8 Å². The highest BCUT2D eigenvalue weighted by molar-refractivity contribution is 9.10. The number of ether oxygens (including phenoxy) is 1. The van der Waals surface area contributed by atoms with Crippen LogP contribution in [-0.2, 0) is 9.59 Å². The molecular formula is C21H18BrClN2O5. The molecule has 0 aliphatic carbocycles. The van der Waals surface area contributed by atoms with Crippen molar-refractivity contribution in [3.05, 3.63) is 56.0 Å². The summed E-state index contributed by atoms with van der Waals surface area (Å²) in [6, 6.07) is 5.88. The Hall–Kier alpha value is -2.84. The minimum Gasteiger partial charge on any atom is -0.503 e. The third-order valence-electron chi connectivity index (χ3n) is 4.34. The van der Waals surface area contributed by atoms with Gasteiger partial charge in [0.1, 0.15) is 10.6 Å². The van der Waals surface area contributed by atoms with E-state index in [4.69, 9.17) is 16.3 Å². The van der Waals surface area contributed by atoms with Crippen LogP contribution in [0.15, 0.2) is 34.3 Å². The number of rotatable bonds is 4. The molecule has 0 aromatic heterocycles. The molecule has 3 rings (SSSR count). The van der Waals surface area contributed by atoms with Crippen molar-refractivity contribution in [3.63, 3.8) is 0 Å². The number of anilines is 1. The first kappa shape index (κ1) is 21.9. The summed E-state index contributed by atoms with van der Waals surface area (Å²) in [6.45, 7) is 5.69. The normalized spacial score (nSPS) is 15.6. The van der Waals surface area contributed by atoms with Crippen LogP contribution in [0, 0.1) is 13.8 Å². The van der Waals surface area contributed by atoms with Gasteiger partial charge < -0.3 is 9.84 Å². The third kappa shape index (κ3) is 4.06. The van der Waals surface area contributed by atoms with Crippen LogP contribution in [0.1, 0.15) is 23.6 Å². The van der Waals surface area contributed by atoms with Gasteiger partial charge in [0.05, 0.1) is 12.3 Å². The van der Waals surface area contributed by atoms with Crippen molar-refractivity contribution in [1.82, 2.24) is 5.32 Å². The zero-order valence-corrected chi connectivity index (χ0v) is 18.7. The van der Waals surface area contributed by atoms with Crippen LogP contribution in [0.25, 0.3) is 6.08 Å². The molecule has 0 saturated carbocycles. The first-order chi connectivity index (χ1) is 14.1. The lowest BCUT2D eigenvalue weighted by Crippen LogP contribution is -2.54. The zero-order valence-electron chi connectivity index (χ0n) is 16.4. The molecule has 1 aliphatic heterocycles. The largest absolute Gasteiger partial charge is 0.503 e. The number of phenols is 1. The fourth-order valence-corrected chi connectivity index (χ4v) is 3.73. The smallest absolute Gasteiger partial charge is 0.335 e. The Kier molecular flexibility index (Phi) is 6.19. The number of benzene rings is 2. The third-order valence-corrected chi connectivity index (χ3v) is 5.79. The molecule has 4 amide bonds. The summed E-state index contributed by atoms with van der Waals surface area (Å²) in [5, 5.41) is 12.3. The minimum absolute atomic E-state index is 0.0290. The van der Waals surface area contributed by atoms with Gasteiger partial charge >= 0.3 is 6.03 Å². The predicted octanol–water partition coefficient (Wildman–Crippen LogP) is 4.49. The van der Waals surface area contributed by atoms with Gasteiger partial charge in [0, 0.05) is 4.47 Å². The SMILES string of the molecule is CCOc1cc(/C=C2\C(=O)NC(=O)N(c3cc(C)cc(C)c3)C2=O)c(Br)c(Cl)c1O. The Labute approximate surface area is 186 Å². The van der Waals surface area contributed by atoms with Gasteiger partial charge in [0.2, 0.25) is 0 Å². The van der Waals surface area contributed by atoms with Crippen LogP contribution in [0.2, 0.25) is 5.02 Å². The summed E-state index contributed by atoms with van der Waals surface area (Å²) in [4.78, 5) is 38.8. The topological polar surface area (TPSA) is 95.9 Å². The van der Waals surface area contributed by atoms with E-state index in [0.29, 0.717) is 11.3 Å². The van der Waals surface area contributed by atoms with Crippen molar-refractivity contribution in [3.8, 4) is 11.5 Å². The van der Waals surface area contributed by atoms with E-state index in [9.17, 15) is 19.5 Å². The van der Waals surface area contributed by atoms with E-state index in [1.54, 1.807) is 19.1 Å². The van der Waals surface area contributed by atoms with Gasteiger partial charge in [-0.05, 0) is 77.7 Å². The molecule has 2 N–H and O–H groups in total. The standard InChI is InChI=1S/C21H18BrClN2O5/c1-4-30-15-9-12(16(22)17(23)18(15)26)8-14-19(27)24-21(29)25(20(14)28)13-6-10(2)5-11(3)7-13/h5-9,26H,4H2,1-3H3,(H,24,27,29)/b14-8+. The summed E-state index contributed by atoms with van der Waals surface area (Å²) in [7, 11) is 0. The van der Waals surface area contributed by atoms with Crippen LogP contribution < -0.4 is 15.0 Å².